The third-order valence-electron chi connectivity index (χ3n) is 6.18. The molecule has 3 aliphatic heterocycles. The van der Waals surface area contributed by atoms with Gasteiger partial charge in [-0.1, -0.05) is 0 Å². The van der Waals surface area contributed by atoms with E-state index in [0.717, 1.165) is 15.3 Å². The summed E-state index contributed by atoms with van der Waals surface area (Å²) in [5.74, 6) is -0.226. The van der Waals surface area contributed by atoms with E-state index < -0.39 is 89.3 Å². The average molecular weight is 654 g/mol. The van der Waals surface area contributed by atoms with E-state index in [0.29, 0.717) is 0 Å². The first-order valence-corrected chi connectivity index (χ1v) is 14.3. The molecule has 2 unspecified atom stereocenters. The summed E-state index contributed by atoms with van der Waals surface area (Å²) in [6.07, 6.45) is -9.78. The number of nitrogens with two attached hydrogens (primary N) is 2. The summed E-state index contributed by atoms with van der Waals surface area (Å²) in [4.78, 5) is 56.1. The molecule has 2 aromatic rings. The predicted octanol–water partition coefficient (Wildman–Crippen LogP) is -10.1. The zero-order chi connectivity index (χ0) is 29.0. The topological polar surface area (TPSA) is 298 Å². The number of ether oxygens (including phenoxy) is 2. The number of phosphoric ester groups is 2. The number of phosphoric acid groups is 2. The second-order valence-electron chi connectivity index (χ2n) is 8.79. The van der Waals surface area contributed by atoms with Crippen molar-refractivity contribution in [3.63, 3.8) is 0 Å². The van der Waals surface area contributed by atoms with Crippen molar-refractivity contribution in [2.24, 2.45) is 0 Å². The molecule has 6 N–H and O–H groups in total. The van der Waals surface area contributed by atoms with E-state index >= 15 is 0 Å². The van der Waals surface area contributed by atoms with Gasteiger partial charge in [0.1, 0.15) is 48.3 Å². The number of fused-ring (bicyclic) bond motifs is 1. The monoisotopic (exact) mass is 654 g/mol. The number of aliphatic hydroxyl groups is 2. The molecule has 5 rings (SSSR count). The normalized spacial score (nSPS) is 35.1. The Morgan fingerprint density at radius 1 is 1.00 bits per heavy atom. The van der Waals surface area contributed by atoms with Crippen LogP contribution in [0.15, 0.2) is 34.1 Å². The second kappa shape index (κ2) is 13.8. The number of aromatic nitrogens is 4. The summed E-state index contributed by atoms with van der Waals surface area (Å²) < 4.78 is 56.9. The molecule has 24 heteroatoms. The quantitative estimate of drug-likeness (QED) is 0.152. The van der Waals surface area contributed by atoms with Crippen molar-refractivity contribution in [1.82, 2.24) is 19.1 Å². The third-order valence-corrected chi connectivity index (χ3v) is 8.15. The summed E-state index contributed by atoms with van der Waals surface area (Å²) in [6, 6.07) is 2.47. The van der Waals surface area contributed by atoms with E-state index in [-0.39, 0.29) is 70.8 Å². The molecule has 3 fully saturated rings. The Morgan fingerprint density at radius 3 is 2.07 bits per heavy atom. The van der Waals surface area contributed by atoms with Crippen LogP contribution in [0.3, 0.4) is 0 Å². The third kappa shape index (κ3) is 7.44. The van der Waals surface area contributed by atoms with Gasteiger partial charge in [-0.25, -0.2) is 9.59 Å². The van der Waals surface area contributed by atoms with E-state index in [9.17, 15) is 38.7 Å². The summed E-state index contributed by atoms with van der Waals surface area (Å²) in [5, 5.41) is 20.3. The van der Waals surface area contributed by atoms with Crippen molar-refractivity contribution < 1.29 is 116 Å². The van der Waals surface area contributed by atoms with E-state index in [4.69, 9.17) is 39.0 Å². The largest absolute Gasteiger partial charge is 1.00 e. The van der Waals surface area contributed by atoms with Crippen molar-refractivity contribution in [2.45, 2.75) is 49.1 Å². The number of rotatable bonds is 8. The number of nitrogens with zero attached hydrogens (tertiary/aromatic N) is 4. The zero-order valence-electron chi connectivity index (χ0n) is 22.0. The van der Waals surface area contributed by atoms with Gasteiger partial charge < -0.3 is 59.0 Å². The Balaban J connectivity index is 0.00000242. The maximum absolute atomic E-state index is 12.7. The van der Waals surface area contributed by atoms with Gasteiger partial charge in [0.15, 0.2) is 12.5 Å². The van der Waals surface area contributed by atoms with Crippen molar-refractivity contribution in [3.05, 3.63) is 45.5 Å². The molecule has 20 nitrogen and oxygen atoms in total. The fourth-order valence-corrected chi connectivity index (χ4v) is 6.51. The molecule has 3 aliphatic rings. The number of anilines is 2. The fraction of sp³-hybridized carbons (Fsp3) is 0.556. The van der Waals surface area contributed by atoms with Crippen LogP contribution in [0.4, 0.5) is 11.6 Å². The molecule has 10 atom stereocenters. The molecule has 220 valence electrons. The summed E-state index contributed by atoms with van der Waals surface area (Å²) >= 11 is 0. The standard InChI is InChI=1S/C18H24N6O14P2.2Na/c19-9-1-3-23(17(27)21-9)15-11(26)12(7(5-25)34-15)36-39(29,30)33-6-8-13-14(38-40(31,32)37-13)16(35-8)24-4-2-10(20)22-18(24)28;;/h1-4,7-8,11-16,25-26H,5-6H2,(H,29,30)(H,31,32)(H2,19,21,27)(H2,20,22,28);;/q;2*+1/p-2/t7-,8-,11-,12-,13-,14-,15-,16-;;/m1../s1. The number of hydrogen-bond acceptors (Lipinski definition) is 18. The van der Waals surface area contributed by atoms with Crippen LogP contribution in [0.5, 0.6) is 0 Å². The Morgan fingerprint density at radius 2 is 1.52 bits per heavy atom. The first-order chi connectivity index (χ1) is 18.8. The molecule has 42 heavy (non-hydrogen) atoms. The van der Waals surface area contributed by atoms with Crippen molar-refractivity contribution in [3.8, 4) is 0 Å². The average Bonchev–Trinajstić information content (AvgIpc) is 3.46. The van der Waals surface area contributed by atoms with Crippen LogP contribution in [0.2, 0.25) is 0 Å². The molecular formula is C18H22N6Na2O14P2. The molecule has 0 amide bonds. The van der Waals surface area contributed by atoms with Gasteiger partial charge in [-0.2, -0.15) is 9.97 Å². The van der Waals surface area contributed by atoms with Gasteiger partial charge in [0.2, 0.25) is 0 Å². The van der Waals surface area contributed by atoms with Crippen LogP contribution >= 0.6 is 15.6 Å². The number of nitrogen functional groups attached to an aromatic ring is 2. The Kier molecular flexibility index (Phi) is 11.8. The molecule has 0 aliphatic carbocycles. The Hall–Kier alpha value is -0.580. The van der Waals surface area contributed by atoms with Crippen LogP contribution in [0.1, 0.15) is 12.5 Å². The van der Waals surface area contributed by atoms with E-state index in [1.54, 1.807) is 0 Å². The van der Waals surface area contributed by atoms with Gasteiger partial charge in [-0.3, -0.25) is 18.3 Å². The minimum Gasteiger partial charge on any atom is -0.756 e. The maximum atomic E-state index is 12.7. The van der Waals surface area contributed by atoms with E-state index in [2.05, 4.69) is 9.97 Å². The molecular weight excluding hydrogens is 632 g/mol. The molecule has 3 saturated heterocycles. The number of hydrogen-bond donors (Lipinski definition) is 4. The summed E-state index contributed by atoms with van der Waals surface area (Å²) in [7, 11) is -10.2. The molecule has 0 bridgehead atoms. The maximum Gasteiger partial charge on any atom is 1.00 e. The molecule has 2 aromatic heterocycles. The SMILES string of the molecule is Nc1ccn([C@@H]2O[C@H](CO)[C@@H](OP(=O)([O-])OC[C@H]3O[C@@H](n4ccc(N)nc4=O)[C@@H]4OP(=O)([O-])O[C@@H]43)[C@H]2O)c(=O)n1.[Na+].[Na+]. The molecule has 0 saturated carbocycles. The van der Waals surface area contributed by atoms with Crippen LogP contribution in [0, 0.1) is 0 Å². The van der Waals surface area contributed by atoms with Crippen molar-refractivity contribution in [1.29, 1.82) is 0 Å². The first kappa shape index (κ1) is 35.9. The molecule has 0 spiro atoms. The number of aliphatic hydroxyl groups excluding tert-OH is 2. The minimum atomic E-state index is -5.34. The Labute approximate surface area is 279 Å². The van der Waals surface area contributed by atoms with Gasteiger partial charge >= 0.3 is 70.5 Å². The van der Waals surface area contributed by atoms with Gasteiger partial charge in [0, 0.05) is 12.4 Å². The van der Waals surface area contributed by atoms with Gasteiger partial charge in [0.25, 0.3) is 15.6 Å². The van der Waals surface area contributed by atoms with Gasteiger partial charge in [0.05, 0.1) is 13.2 Å². The molecule has 0 radical (unpaired) electrons. The fourth-order valence-electron chi connectivity index (χ4n) is 4.44. The van der Waals surface area contributed by atoms with Crippen LogP contribution < -0.4 is 91.7 Å². The van der Waals surface area contributed by atoms with Gasteiger partial charge in [-0.05, 0) is 12.1 Å². The predicted molar refractivity (Wildman–Crippen MR) is 123 cm³/mol. The van der Waals surface area contributed by atoms with Crippen molar-refractivity contribution in [2.75, 3.05) is 24.7 Å². The summed E-state index contributed by atoms with van der Waals surface area (Å²) in [6.45, 7) is -1.70. The molecule has 5 heterocycles. The zero-order valence-corrected chi connectivity index (χ0v) is 27.8. The second-order valence-corrected chi connectivity index (χ2v) is 11.5. The summed E-state index contributed by atoms with van der Waals surface area (Å²) in [5.41, 5.74) is 9.08. The van der Waals surface area contributed by atoms with Crippen molar-refractivity contribution >= 4 is 27.3 Å². The van der Waals surface area contributed by atoms with Crippen LogP contribution in [0.25, 0.3) is 0 Å². The van der Waals surface area contributed by atoms with E-state index in [1.165, 1.54) is 18.3 Å². The minimum absolute atomic E-state index is 0. The Bertz CT molecular complexity index is 1500. The van der Waals surface area contributed by atoms with E-state index in [1.807, 2.05) is 0 Å². The molecule has 0 aromatic carbocycles. The first-order valence-electron chi connectivity index (χ1n) is 11.4. The van der Waals surface area contributed by atoms with Gasteiger partial charge in [-0.15, -0.1) is 0 Å². The van der Waals surface area contributed by atoms with Crippen LogP contribution in [-0.2, 0) is 36.7 Å². The van der Waals surface area contributed by atoms with Crippen LogP contribution in [-0.4, -0.2) is 79.2 Å². The smallest absolute Gasteiger partial charge is 0.756 e.